The van der Waals surface area contributed by atoms with Crippen LogP contribution < -0.4 is 0 Å². The van der Waals surface area contributed by atoms with E-state index in [1.54, 1.807) is 13.4 Å². The molecule has 0 bridgehead atoms. The van der Waals surface area contributed by atoms with E-state index in [1.165, 1.54) is 11.8 Å². The van der Waals surface area contributed by atoms with Gasteiger partial charge in [0, 0.05) is 21.1 Å². The van der Waals surface area contributed by atoms with Gasteiger partial charge in [-0.1, -0.05) is 11.8 Å². The highest BCUT2D eigenvalue weighted by Crippen LogP contribution is 1.97. The second kappa shape index (κ2) is 5.29. The molecule has 0 N–H and O–H groups in total. The van der Waals surface area contributed by atoms with Crippen molar-refractivity contribution in [3.05, 3.63) is 0 Å². The molecule has 0 aromatic heterocycles. The van der Waals surface area contributed by atoms with Crippen LogP contribution >= 0.6 is 11.8 Å². The van der Waals surface area contributed by atoms with Crippen LogP contribution in [0.25, 0.3) is 0 Å². The molecule has 0 saturated heterocycles. The van der Waals surface area contributed by atoms with Crippen LogP contribution in [0, 0.1) is 0 Å². The van der Waals surface area contributed by atoms with E-state index in [-0.39, 0.29) is 0 Å². The van der Waals surface area contributed by atoms with Crippen LogP contribution in [-0.4, -0.2) is 43.8 Å². The first-order valence-corrected chi connectivity index (χ1v) is 4.14. The topological polar surface area (TPSA) is 28.0 Å². The van der Waals surface area contributed by atoms with E-state index >= 15 is 0 Å². The van der Waals surface area contributed by atoms with Crippen molar-refractivity contribution in [1.82, 2.24) is 4.90 Å². The maximum absolute atomic E-state index is 4.07. The summed E-state index contributed by atoms with van der Waals surface area (Å²) in [4.78, 5) is 9.88. The van der Waals surface area contributed by atoms with Gasteiger partial charge in [-0.3, -0.25) is 4.99 Å². The van der Waals surface area contributed by atoms with Gasteiger partial charge in [-0.15, -0.1) is 0 Å². The molecule has 58 valence electrons. The number of amidine groups is 1. The number of aliphatic imine (C=N–C) groups is 2. The molecule has 0 aliphatic heterocycles. The number of hydrogen-bond acceptors (Lipinski definition) is 2. The summed E-state index contributed by atoms with van der Waals surface area (Å²) in [6.07, 6.45) is 3.69. The molecule has 0 aliphatic rings. The zero-order chi connectivity index (χ0) is 7.98. The SMILES string of the molecule is CN=C(N=CN(C)C)SC. The zero-order valence-electron chi connectivity index (χ0n) is 6.83. The molecule has 0 fully saturated rings. The summed E-state index contributed by atoms with van der Waals surface area (Å²) in [6, 6.07) is 0. The minimum Gasteiger partial charge on any atom is -0.369 e. The minimum atomic E-state index is 0.800. The summed E-state index contributed by atoms with van der Waals surface area (Å²) in [5.74, 6) is 0. The quantitative estimate of drug-likeness (QED) is 0.420. The third kappa shape index (κ3) is 4.38. The molecular formula is C6H13N3S. The van der Waals surface area contributed by atoms with Gasteiger partial charge in [-0.25, -0.2) is 4.99 Å². The summed E-state index contributed by atoms with van der Waals surface area (Å²) in [5.41, 5.74) is 0. The van der Waals surface area contributed by atoms with Gasteiger partial charge in [-0.05, 0) is 6.26 Å². The Morgan fingerprint density at radius 3 is 2.40 bits per heavy atom. The van der Waals surface area contributed by atoms with Gasteiger partial charge in [0.15, 0.2) is 5.17 Å². The lowest BCUT2D eigenvalue weighted by Crippen LogP contribution is -2.08. The normalized spacial score (nSPS) is 12.6. The molecular weight excluding hydrogens is 146 g/mol. The lowest BCUT2D eigenvalue weighted by atomic mass is 10.9. The summed E-state index contributed by atoms with van der Waals surface area (Å²) in [5, 5.41) is 0.800. The third-order valence-electron chi connectivity index (χ3n) is 0.773. The van der Waals surface area contributed by atoms with E-state index in [4.69, 9.17) is 0 Å². The van der Waals surface area contributed by atoms with Crippen LogP contribution in [-0.2, 0) is 0 Å². The highest BCUT2D eigenvalue weighted by Gasteiger charge is 1.87. The lowest BCUT2D eigenvalue weighted by Gasteiger charge is -2.01. The molecule has 0 saturated carbocycles. The van der Waals surface area contributed by atoms with Crippen molar-refractivity contribution < 1.29 is 0 Å². The van der Waals surface area contributed by atoms with Crippen molar-refractivity contribution in [2.75, 3.05) is 27.4 Å². The Balaban J connectivity index is 3.86. The van der Waals surface area contributed by atoms with Gasteiger partial charge in [0.2, 0.25) is 0 Å². The summed E-state index contributed by atoms with van der Waals surface area (Å²) in [6.45, 7) is 0. The fourth-order valence-corrected chi connectivity index (χ4v) is 0.702. The monoisotopic (exact) mass is 159 g/mol. The molecule has 0 amide bonds. The second-order valence-corrected chi connectivity index (χ2v) is 2.69. The molecule has 0 radical (unpaired) electrons. The van der Waals surface area contributed by atoms with Crippen LogP contribution in [0.15, 0.2) is 9.98 Å². The van der Waals surface area contributed by atoms with E-state index < -0.39 is 0 Å². The maximum Gasteiger partial charge on any atom is 0.183 e. The van der Waals surface area contributed by atoms with Crippen molar-refractivity contribution >= 4 is 23.3 Å². The molecule has 0 rings (SSSR count). The highest BCUT2D eigenvalue weighted by molar-refractivity contribution is 8.13. The average molecular weight is 159 g/mol. The molecule has 0 aromatic carbocycles. The van der Waals surface area contributed by atoms with Gasteiger partial charge < -0.3 is 4.90 Å². The minimum absolute atomic E-state index is 0.800. The molecule has 0 aliphatic carbocycles. The van der Waals surface area contributed by atoms with E-state index in [9.17, 15) is 0 Å². The van der Waals surface area contributed by atoms with Crippen molar-refractivity contribution in [1.29, 1.82) is 0 Å². The zero-order valence-corrected chi connectivity index (χ0v) is 7.64. The first-order chi connectivity index (χ1) is 4.70. The largest absolute Gasteiger partial charge is 0.369 e. The van der Waals surface area contributed by atoms with Gasteiger partial charge >= 0.3 is 0 Å². The van der Waals surface area contributed by atoms with E-state index in [1.807, 2.05) is 25.3 Å². The Hall–Kier alpha value is -0.510. The average Bonchev–Trinajstić information content (AvgIpc) is 1.90. The van der Waals surface area contributed by atoms with Crippen LogP contribution in [0.1, 0.15) is 0 Å². The van der Waals surface area contributed by atoms with Crippen LogP contribution in [0.2, 0.25) is 0 Å². The predicted molar refractivity (Wildman–Crippen MR) is 49.1 cm³/mol. The summed E-state index contributed by atoms with van der Waals surface area (Å²) < 4.78 is 0. The molecule has 3 nitrogen and oxygen atoms in total. The van der Waals surface area contributed by atoms with E-state index in [0.29, 0.717) is 0 Å². The Labute approximate surface area is 66.2 Å². The first kappa shape index (κ1) is 9.49. The molecule has 0 atom stereocenters. The van der Waals surface area contributed by atoms with Crippen molar-refractivity contribution in [3.8, 4) is 0 Å². The van der Waals surface area contributed by atoms with E-state index in [0.717, 1.165) is 5.17 Å². The van der Waals surface area contributed by atoms with Crippen LogP contribution in [0.4, 0.5) is 0 Å². The molecule has 0 unspecified atom stereocenters. The molecule has 10 heavy (non-hydrogen) atoms. The van der Waals surface area contributed by atoms with Gasteiger partial charge in [0.25, 0.3) is 0 Å². The second-order valence-electron chi connectivity index (χ2n) is 1.92. The van der Waals surface area contributed by atoms with Gasteiger partial charge in [0.05, 0.1) is 6.34 Å². The maximum atomic E-state index is 4.07. The molecule has 0 aromatic rings. The smallest absolute Gasteiger partial charge is 0.183 e. The Kier molecular flexibility index (Phi) is 5.02. The van der Waals surface area contributed by atoms with Crippen molar-refractivity contribution in [2.45, 2.75) is 0 Å². The fraction of sp³-hybridized carbons (Fsp3) is 0.667. The van der Waals surface area contributed by atoms with Crippen molar-refractivity contribution in [3.63, 3.8) is 0 Å². The number of nitrogens with zero attached hydrogens (tertiary/aromatic N) is 3. The van der Waals surface area contributed by atoms with Crippen molar-refractivity contribution in [2.24, 2.45) is 9.98 Å². The Bertz CT molecular complexity index is 140. The van der Waals surface area contributed by atoms with E-state index in [2.05, 4.69) is 9.98 Å². The number of rotatable bonds is 1. The lowest BCUT2D eigenvalue weighted by molar-refractivity contribution is 0.644. The standard InChI is InChI=1S/C6H13N3S/c1-7-6(10-4)8-5-9(2)3/h5H,1-4H3. The number of hydrogen-bond donors (Lipinski definition) is 0. The Morgan fingerprint density at radius 2 is 2.10 bits per heavy atom. The Morgan fingerprint density at radius 1 is 1.50 bits per heavy atom. The first-order valence-electron chi connectivity index (χ1n) is 2.92. The van der Waals surface area contributed by atoms with Crippen LogP contribution in [0.3, 0.4) is 0 Å². The predicted octanol–water partition coefficient (Wildman–Crippen LogP) is 0.925. The van der Waals surface area contributed by atoms with Gasteiger partial charge in [0.1, 0.15) is 0 Å². The molecule has 0 heterocycles. The third-order valence-corrected chi connectivity index (χ3v) is 1.43. The molecule has 4 heteroatoms. The summed E-state index contributed by atoms with van der Waals surface area (Å²) in [7, 11) is 5.59. The summed E-state index contributed by atoms with van der Waals surface area (Å²) >= 11 is 1.54. The number of thioether (sulfide) groups is 1. The highest BCUT2D eigenvalue weighted by atomic mass is 32.2. The molecule has 0 spiro atoms. The fourth-order valence-electron chi connectivity index (χ4n) is 0.367. The van der Waals surface area contributed by atoms with Gasteiger partial charge in [-0.2, -0.15) is 0 Å². The van der Waals surface area contributed by atoms with Crippen LogP contribution in [0.5, 0.6) is 0 Å².